The van der Waals surface area contributed by atoms with Crippen molar-refractivity contribution in [2.75, 3.05) is 26.2 Å². The van der Waals surface area contributed by atoms with Gasteiger partial charge in [0.15, 0.2) is 5.96 Å². The summed E-state index contributed by atoms with van der Waals surface area (Å²) < 4.78 is 0. The van der Waals surface area contributed by atoms with Crippen LogP contribution in [0.3, 0.4) is 0 Å². The van der Waals surface area contributed by atoms with E-state index in [1.807, 2.05) is 0 Å². The lowest BCUT2D eigenvalue weighted by Gasteiger charge is -2.21. The van der Waals surface area contributed by atoms with Crippen LogP contribution in [-0.2, 0) is 6.54 Å². The number of hydrogen-bond donors (Lipinski definition) is 2. The van der Waals surface area contributed by atoms with Crippen molar-refractivity contribution in [1.82, 2.24) is 15.5 Å². The van der Waals surface area contributed by atoms with Gasteiger partial charge < -0.3 is 15.5 Å². The topological polar surface area (TPSA) is 39.7 Å². The van der Waals surface area contributed by atoms with Gasteiger partial charge in [0.2, 0.25) is 0 Å². The number of nitrogens with one attached hydrogen (secondary N) is 2. The molecule has 0 fully saturated rings. The Balaban J connectivity index is 0.00000576. The summed E-state index contributed by atoms with van der Waals surface area (Å²) in [6.07, 6.45) is 2.37. The van der Waals surface area contributed by atoms with Crippen molar-refractivity contribution in [3.8, 4) is 0 Å². The van der Waals surface area contributed by atoms with Crippen molar-refractivity contribution in [1.29, 1.82) is 0 Å². The van der Waals surface area contributed by atoms with E-state index in [9.17, 15) is 0 Å². The van der Waals surface area contributed by atoms with E-state index in [0.29, 0.717) is 12.6 Å². The van der Waals surface area contributed by atoms with Crippen LogP contribution in [0.15, 0.2) is 29.3 Å². The molecule has 25 heavy (non-hydrogen) atoms. The Morgan fingerprint density at radius 1 is 1.16 bits per heavy atom. The smallest absolute Gasteiger partial charge is 0.191 e. The van der Waals surface area contributed by atoms with Gasteiger partial charge in [0.25, 0.3) is 0 Å². The first-order valence-corrected chi connectivity index (χ1v) is 9.42. The van der Waals surface area contributed by atoms with E-state index in [1.54, 1.807) is 0 Å². The van der Waals surface area contributed by atoms with Gasteiger partial charge in [-0.1, -0.05) is 38.1 Å². The highest BCUT2D eigenvalue weighted by molar-refractivity contribution is 14.0. The molecule has 0 bridgehead atoms. The molecule has 1 rings (SSSR count). The monoisotopic (exact) mass is 460 g/mol. The third-order valence-corrected chi connectivity index (χ3v) is 4.40. The molecule has 0 saturated heterocycles. The molecule has 144 valence electrons. The molecular formula is C20H37IN4. The second kappa shape index (κ2) is 14.4. The minimum absolute atomic E-state index is 0. The van der Waals surface area contributed by atoms with Crippen LogP contribution >= 0.6 is 24.0 Å². The van der Waals surface area contributed by atoms with Crippen LogP contribution in [0.25, 0.3) is 0 Å². The van der Waals surface area contributed by atoms with Crippen LogP contribution in [0.4, 0.5) is 0 Å². The summed E-state index contributed by atoms with van der Waals surface area (Å²) in [4.78, 5) is 7.22. The first-order chi connectivity index (χ1) is 11.6. The van der Waals surface area contributed by atoms with Gasteiger partial charge in [-0.05, 0) is 64.4 Å². The third-order valence-electron chi connectivity index (χ3n) is 4.40. The normalized spacial score (nSPS) is 12.6. The Kier molecular flexibility index (Phi) is 13.9. The molecule has 0 heterocycles. The Morgan fingerprint density at radius 3 is 2.44 bits per heavy atom. The molecule has 0 saturated carbocycles. The number of aryl methyl sites for hydroxylation is 1. The largest absolute Gasteiger partial charge is 0.357 e. The molecule has 2 N–H and O–H groups in total. The molecule has 0 aliphatic heterocycles. The number of benzene rings is 1. The molecule has 0 radical (unpaired) electrons. The van der Waals surface area contributed by atoms with Crippen molar-refractivity contribution in [3.05, 3.63) is 35.4 Å². The summed E-state index contributed by atoms with van der Waals surface area (Å²) in [5.74, 6) is 0.913. The van der Waals surface area contributed by atoms with Gasteiger partial charge in [0.1, 0.15) is 0 Å². The summed E-state index contributed by atoms with van der Waals surface area (Å²) in [5, 5.41) is 6.89. The second-order valence-electron chi connectivity index (χ2n) is 6.34. The van der Waals surface area contributed by atoms with Crippen molar-refractivity contribution < 1.29 is 0 Å². The molecule has 0 spiro atoms. The first-order valence-electron chi connectivity index (χ1n) is 9.42. The molecule has 0 aliphatic carbocycles. The van der Waals surface area contributed by atoms with Gasteiger partial charge in [-0.3, -0.25) is 0 Å². The van der Waals surface area contributed by atoms with E-state index in [2.05, 4.69) is 74.4 Å². The van der Waals surface area contributed by atoms with E-state index >= 15 is 0 Å². The number of guanidine groups is 1. The summed E-state index contributed by atoms with van der Waals surface area (Å²) in [5.41, 5.74) is 2.58. The molecule has 4 nitrogen and oxygen atoms in total. The highest BCUT2D eigenvalue weighted by atomic mass is 127. The molecule has 1 aromatic rings. The predicted molar refractivity (Wildman–Crippen MR) is 121 cm³/mol. The fraction of sp³-hybridized carbons (Fsp3) is 0.650. The van der Waals surface area contributed by atoms with Crippen molar-refractivity contribution in [2.45, 2.75) is 60.0 Å². The number of halogens is 1. The average molecular weight is 460 g/mol. The summed E-state index contributed by atoms with van der Waals surface area (Å²) >= 11 is 0. The number of rotatable bonds is 10. The highest BCUT2D eigenvalue weighted by Crippen LogP contribution is 2.08. The molecule has 0 aliphatic rings. The Bertz CT molecular complexity index is 486. The van der Waals surface area contributed by atoms with Gasteiger partial charge in [0.05, 0.1) is 6.54 Å². The van der Waals surface area contributed by atoms with E-state index in [4.69, 9.17) is 4.99 Å². The second-order valence-corrected chi connectivity index (χ2v) is 6.34. The highest BCUT2D eigenvalue weighted by Gasteiger charge is 2.07. The molecule has 0 amide bonds. The zero-order chi connectivity index (χ0) is 17.8. The van der Waals surface area contributed by atoms with Crippen molar-refractivity contribution in [3.63, 3.8) is 0 Å². The maximum absolute atomic E-state index is 4.74. The molecule has 0 aromatic heterocycles. The van der Waals surface area contributed by atoms with E-state index in [0.717, 1.165) is 32.0 Å². The Labute approximate surface area is 171 Å². The van der Waals surface area contributed by atoms with Crippen LogP contribution in [0.1, 0.15) is 51.7 Å². The fourth-order valence-corrected chi connectivity index (χ4v) is 2.74. The van der Waals surface area contributed by atoms with Gasteiger partial charge >= 0.3 is 0 Å². The molecule has 1 unspecified atom stereocenters. The maximum Gasteiger partial charge on any atom is 0.191 e. The van der Waals surface area contributed by atoms with E-state index in [-0.39, 0.29) is 24.0 Å². The van der Waals surface area contributed by atoms with Gasteiger partial charge in [-0.15, -0.1) is 24.0 Å². The standard InChI is InChI=1S/C20H36N4.HI/c1-6-21-20(22-16-19-14-10-9-12-17(19)4)23-18(5)13-11-15-24(7-2)8-3;/h9-10,12,14,18H,6-8,11,13,15-16H2,1-5H3,(H2,21,22,23);1H. The van der Waals surface area contributed by atoms with Gasteiger partial charge in [-0.2, -0.15) is 0 Å². The fourth-order valence-electron chi connectivity index (χ4n) is 2.74. The lowest BCUT2D eigenvalue weighted by molar-refractivity contribution is 0.292. The van der Waals surface area contributed by atoms with E-state index in [1.165, 1.54) is 24.1 Å². The number of aliphatic imine (C=N–C) groups is 1. The van der Waals surface area contributed by atoms with Gasteiger partial charge in [0, 0.05) is 12.6 Å². The quantitative estimate of drug-likeness (QED) is 0.313. The summed E-state index contributed by atoms with van der Waals surface area (Å²) in [7, 11) is 0. The zero-order valence-corrected chi connectivity index (χ0v) is 19.0. The lowest BCUT2D eigenvalue weighted by atomic mass is 10.1. The summed E-state index contributed by atoms with van der Waals surface area (Å²) in [6, 6.07) is 8.87. The first kappa shape index (κ1) is 24.2. The van der Waals surface area contributed by atoms with Gasteiger partial charge in [-0.25, -0.2) is 4.99 Å². The zero-order valence-electron chi connectivity index (χ0n) is 16.6. The number of hydrogen-bond acceptors (Lipinski definition) is 2. The van der Waals surface area contributed by atoms with Crippen LogP contribution in [0.2, 0.25) is 0 Å². The van der Waals surface area contributed by atoms with Crippen LogP contribution in [0, 0.1) is 6.92 Å². The third kappa shape index (κ3) is 10.0. The molecule has 5 heteroatoms. The van der Waals surface area contributed by atoms with Crippen LogP contribution < -0.4 is 10.6 Å². The maximum atomic E-state index is 4.74. The van der Waals surface area contributed by atoms with E-state index < -0.39 is 0 Å². The summed E-state index contributed by atoms with van der Waals surface area (Å²) in [6.45, 7) is 16.0. The minimum Gasteiger partial charge on any atom is -0.357 e. The van der Waals surface area contributed by atoms with Crippen molar-refractivity contribution >= 4 is 29.9 Å². The average Bonchev–Trinajstić information content (AvgIpc) is 2.58. The van der Waals surface area contributed by atoms with Crippen LogP contribution in [-0.4, -0.2) is 43.1 Å². The predicted octanol–water partition coefficient (Wildman–Crippen LogP) is 4.18. The Hall–Kier alpha value is -0.820. The van der Waals surface area contributed by atoms with Crippen molar-refractivity contribution in [2.24, 2.45) is 4.99 Å². The molecule has 1 aromatic carbocycles. The minimum atomic E-state index is 0. The molecular weight excluding hydrogens is 423 g/mol. The molecule has 1 atom stereocenters. The number of nitrogens with zero attached hydrogens (tertiary/aromatic N) is 2. The SMILES string of the molecule is CCNC(=NCc1ccccc1C)NC(C)CCCN(CC)CC.I. The van der Waals surface area contributed by atoms with Crippen LogP contribution in [0.5, 0.6) is 0 Å². The Morgan fingerprint density at radius 2 is 1.84 bits per heavy atom. The lowest BCUT2D eigenvalue weighted by Crippen LogP contribution is -2.42.